The molecule has 1 heterocycles. The van der Waals surface area contributed by atoms with Gasteiger partial charge in [-0.1, -0.05) is 0 Å². The number of aromatic nitrogens is 2. The van der Waals surface area contributed by atoms with Crippen molar-refractivity contribution in [3.05, 3.63) is 53.6 Å². The Hall–Kier alpha value is -2.08. The molecule has 0 aliphatic carbocycles. The molecule has 1 unspecified atom stereocenters. The molecule has 0 radical (unpaired) electrons. The second-order valence-electron chi connectivity index (χ2n) is 3.93. The van der Waals surface area contributed by atoms with E-state index >= 15 is 0 Å². The molecule has 1 aromatic carbocycles. The molecule has 0 fully saturated rings. The fourth-order valence-electron chi connectivity index (χ4n) is 1.87. The number of benzene rings is 1. The number of nitrogens with zero attached hydrogens (tertiary/aromatic N) is 2. The topological polar surface area (TPSA) is 61.0 Å². The number of ether oxygens (including phenoxy) is 1. The van der Waals surface area contributed by atoms with Crippen LogP contribution in [-0.4, -0.2) is 23.6 Å². The molecule has 4 nitrogen and oxygen atoms in total. The summed E-state index contributed by atoms with van der Waals surface area (Å²) in [4.78, 5) is 7.98. The zero-order chi connectivity index (χ0) is 13.8. The first kappa shape index (κ1) is 13.4. The average molecular weight is 265 g/mol. The number of halogens is 2. The lowest BCUT2D eigenvalue weighted by Crippen LogP contribution is -2.17. The molecule has 0 spiro atoms. The summed E-state index contributed by atoms with van der Waals surface area (Å²) in [7, 11) is 1.28. The van der Waals surface area contributed by atoms with Crippen LogP contribution in [0.4, 0.5) is 8.78 Å². The second kappa shape index (κ2) is 5.71. The van der Waals surface area contributed by atoms with Crippen LogP contribution in [0.15, 0.2) is 30.7 Å². The minimum Gasteiger partial charge on any atom is -0.494 e. The van der Waals surface area contributed by atoms with Gasteiger partial charge in [0.2, 0.25) is 0 Å². The predicted molar refractivity (Wildman–Crippen MR) is 65.8 cm³/mol. The summed E-state index contributed by atoms with van der Waals surface area (Å²) in [6.07, 6.45) is 4.47. The fraction of sp³-hybridized carbons (Fsp3) is 0.231. The Bertz CT molecular complexity index is 563. The van der Waals surface area contributed by atoms with Gasteiger partial charge in [0, 0.05) is 42.7 Å². The Kier molecular flexibility index (Phi) is 4.01. The molecule has 1 aromatic heterocycles. The molecule has 0 saturated heterocycles. The summed E-state index contributed by atoms with van der Waals surface area (Å²) in [6.45, 7) is 0.0986. The molecule has 19 heavy (non-hydrogen) atoms. The third kappa shape index (κ3) is 2.68. The summed E-state index contributed by atoms with van der Waals surface area (Å²) < 4.78 is 32.4. The van der Waals surface area contributed by atoms with Crippen LogP contribution in [0.5, 0.6) is 5.75 Å². The normalized spacial score (nSPS) is 12.2. The molecule has 100 valence electrons. The van der Waals surface area contributed by atoms with E-state index in [0.29, 0.717) is 5.69 Å². The molecule has 0 aliphatic heterocycles. The maximum Gasteiger partial charge on any atom is 0.165 e. The van der Waals surface area contributed by atoms with E-state index in [4.69, 9.17) is 10.5 Å². The van der Waals surface area contributed by atoms with Crippen LogP contribution < -0.4 is 10.5 Å². The molecule has 2 aromatic rings. The largest absolute Gasteiger partial charge is 0.494 e. The zero-order valence-corrected chi connectivity index (χ0v) is 10.3. The van der Waals surface area contributed by atoms with Crippen LogP contribution in [-0.2, 0) is 0 Å². The van der Waals surface area contributed by atoms with Gasteiger partial charge in [0.15, 0.2) is 11.6 Å². The maximum atomic E-state index is 14.0. The molecule has 6 heteroatoms. The Morgan fingerprint density at radius 2 is 2.05 bits per heavy atom. The van der Waals surface area contributed by atoms with Gasteiger partial charge >= 0.3 is 0 Å². The highest BCUT2D eigenvalue weighted by atomic mass is 19.1. The number of hydrogen-bond acceptors (Lipinski definition) is 4. The standard InChI is InChI=1S/C13H13F2N3O/c1-19-13-5-10(14)8(4-11(13)15)9(6-16)12-7-17-2-3-18-12/h2-5,7,9H,6,16H2,1H3. The van der Waals surface area contributed by atoms with E-state index < -0.39 is 17.6 Å². The van der Waals surface area contributed by atoms with Crippen LogP contribution in [0.3, 0.4) is 0 Å². The van der Waals surface area contributed by atoms with Crippen LogP contribution in [0, 0.1) is 11.6 Å². The lowest BCUT2D eigenvalue weighted by molar-refractivity contribution is 0.381. The highest BCUT2D eigenvalue weighted by Crippen LogP contribution is 2.29. The van der Waals surface area contributed by atoms with Crippen molar-refractivity contribution in [2.45, 2.75) is 5.92 Å². The van der Waals surface area contributed by atoms with Crippen molar-refractivity contribution in [2.24, 2.45) is 5.73 Å². The molecule has 2 rings (SSSR count). The highest BCUT2D eigenvalue weighted by Gasteiger charge is 2.20. The van der Waals surface area contributed by atoms with Gasteiger partial charge in [0.05, 0.1) is 12.8 Å². The van der Waals surface area contributed by atoms with E-state index in [1.54, 1.807) is 0 Å². The summed E-state index contributed by atoms with van der Waals surface area (Å²) in [5.74, 6) is -1.91. The lowest BCUT2D eigenvalue weighted by Gasteiger charge is -2.16. The Labute approximate surface area is 109 Å². The van der Waals surface area contributed by atoms with Gasteiger partial charge in [-0.15, -0.1) is 0 Å². The van der Waals surface area contributed by atoms with E-state index in [9.17, 15) is 8.78 Å². The van der Waals surface area contributed by atoms with Crippen molar-refractivity contribution >= 4 is 0 Å². The number of methoxy groups -OCH3 is 1. The van der Waals surface area contributed by atoms with Crippen molar-refractivity contribution in [1.82, 2.24) is 9.97 Å². The van der Waals surface area contributed by atoms with Gasteiger partial charge < -0.3 is 10.5 Å². The summed E-state index contributed by atoms with van der Waals surface area (Å²) in [5.41, 5.74) is 6.27. The highest BCUT2D eigenvalue weighted by molar-refractivity contribution is 5.36. The molecule has 0 aliphatic rings. The van der Waals surface area contributed by atoms with E-state index in [2.05, 4.69) is 9.97 Å². The number of hydrogen-bond donors (Lipinski definition) is 1. The maximum absolute atomic E-state index is 14.0. The SMILES string of the molecule is COc1cc(F)c(C(CN)c2cnccn2)cc1F. The summed E-state index contributed by atoms with van der Waals surface area (Å²) in [6, 6.07) is 2.09. The molecular formula is C13H13F2N3O. The summed E-state index contributed by atoms with van der Waals surface area (Å²) >= 11 is 0. The van der Waals surface area contributed by atoms with Gasteiger partial charge in [-0.05, 0) is 6.07 Å². The van der Waals surface area contributed by atoms with E-state index in [1.165, 1.54) is 25.7 Å². The molecule has 0 saturated carbocycles. The van der Waals surface area contributed by atoms with Gasteiger partial charge in [0.1, 0.15) is 5.82 Å². The van der Waals surface area contributed by atoms with E-state index in [1.807, 2.05) is 0 Å². The number of rotatable bonds is 4. The second-order valence-corrected chi connectivity index (χ2v) is 3.93. The number of nitrogens with two attached hydrogens (primary N) is 1. The monoisotopic (exact) mass is 265 g/mol. The van der Waals surface area contributed by atoms with Crippen LogP contribution in [0.1, 0.15) is 17.2 Å². The first-order valence-electron chi connectivity index (χ1n) is 5.66. The molecule has 2 N–H and O–H groups in total. The third-order valence-corrected chi connectivity index (χ3v) is 2.82. The minimum atomic E-state index is -0.638. The van der Waals surface area contributed by atoms with Gasteiger partial charge in [-0.25, -0.2) is 8.78 Å². The Morgan fingerprint density at radius 1 is 1.26 bits per heavy atom. The van der Waals surface area contributed by atoms with Crippen molar-refractivity contribution < 1.29 is 13.5 Å². The lowest BCUT2D eigenvalue weighted by atomic mass is 9.95. The van der Waals surface area contributed by atoms with Crippen molar-refractivity contribution in [3.63, 3.8) is 0 Å². The molecule has 1 atom stereocenters. The van der Waals surface area contributed by atoms with Crippen molar-refractivity contribution in [1.29, 1.82) is 0 Å². The minimum absolute atomic E-state index is 0.0986. The Morgan fingerprint density at radius 3 is 2.63 bits per heavy atom. The first-order valence-corrected chi connectivity index (χ1v) is 5.66. The van der Waals surface area contributed by atoms with Gasteiger partial charge in [-0.2, -0.15) is 0 Å². The van der Waals surface area contributed by atoms with E-state index in [-0.39, 0.29) is 17.9 Å². The van der Waals surface area contributed by atoms with Crippen LogP contribution >= 0.6 is 0 Å². The molecule has 0 bridgehead atoms. The molecule has 0 amide bonds. The van der Waals surface area contributed by atoms with Gasteiger partial charge in [0.25, 0.3) is 0 Å². The smallest absolute Gasteiger partial charge is 0.165 e. The van der Waals surface area contributed by atoms with Crippen molar-refractivity contribution in [3.8, 4) is 5.75 Å². The van der Waals surface area contributed by atoms with Crippen LogP contribution in [0.2, 0.25) is 0 Å². The first-order chi connectivity index (χ1) is 9.17. The Balaban J connectivity index is 2.47. The fourth-order valence-corrected chi connectivity index (χ4v) is 1.87. The average Bonchev–Trinajstić information content (AvgIpc) is 2.44. The van der Waals surface area contributed by atoms with Gasteiger partial charge in [-0.3, -0.25) is 9.97 Å². The summed E-state index contributed by atoms with van der Waals surface area (Å²) in [5, 5.41) is 0. The third-order valence-electron chi connectivity index (χ3n) is 2.82. The van der Waals surface area contributed by atoms with Crippen LogP contribution in [0.25, 0.3) is 0 Å². The molecular weight excluding hydrogens is 252 g/mol. The van der Waals surface area contributed by atoms with Crippen molar-refractivity contribution in [2.75, 3.05) is 13.7 Å². The van der Waals surface area contributed by atoms with E-state index in [0.717, 1.165) is 12.1 Å². The quantitative estimate of drug-likeness (QED) is 0.916. The zero-order valence-electron chi connectivity index (χ0n) is 10.3. The predicted octanol–water partition coefficient (Wildman–Crippen LogP) is 1.85.